The van der Waals surface area contributed by atoms with Crippen LogP contribution in [-0.4, -0.2) is 18.1 Å². The van der Waals surface area contributed by atoms with Gasteiger partial charge in [0, 0.05) is 0 Å². The number of hydrogen-bond donors (Lipinski definition) is 2. The number of carboxylic acids is 1. The smallest absolute Gasteiger partial charge is 0.335 e. The number of carboxylic acid groups (broad SMARTS) is 1. The van der Waals surface area contributed by atoms with Gasteiger partial charge in [0.25, 0.3) is 0 Å². The summed E-state index contributed by atoms with van der Waals surface area (Å²) in [5.41, 5.74) is 1.92. The molecule has 0 heterocycles. The predicted molar refractivity (Wildman–Crippen MR) is 70.7 cm³/mol. The van der Waals surface area contributed by atoms with Crippen molar-refractivity contribution in [3.05, 3.63) is 71.0 Å². The molecule has 0 bridgehead atoms. The molecular weight excluding hydrogens is 245 g/mol. The number of benzene rings is 2. The maximum absolute atomic E-state index is 13.2. The van der Waals surface area contributed by atoms with Crippen LogP contribution in [0.1, 0.15) is 27.5 Å². The highest BCUT2D eigenvalue weighted by atomic mass is 19.1. The van der Waals surface area contributed by atoms with Gasteiger partial charge >= 0.3 is 5.97 Å². The highest BCUT2D eigenvalue weighted by Crippen LogP contribution is 2.22. The zero-order valence-corrected chi connectivity index (χ0v) is 10.4. The van der Waals surface area contributed by atoms with Crippen LogP contribution in [0.3, 0.4) is 0 Å². The lowest BCUT2D eigenvalue weighted by molar-refractivity contribution is 0.0697. The molecule has 0 aromatic heterocycles. The van der Waals surface area contributed by atoms with Gasteiger partial charge in [0.2, 0.25) is 0 Å². The Kier molecular flexibility index (Phi) is 3.92. The monoisotopic (exact) mass is 259 g/mol. The Labute approximate surface area is 110 Å². The first kappa shape index (κ1) is 13.2. The molecule has 1 unspecified atom stereocenters. The minimum Gasteiger partial charge on any atom is -0.478 e. The molecule has 3 nitrogen and oxygen atoms in total. The lowest BCUT2D eigenvalue weighted by Crippen LogP contribution is -2.17. The summed E-state index contributed by atoms with van der Waals surface area (Å²) < 4.78 is 13.2. The van der Waals surface area contributed by atoms with E-state index in [2.05, 4.69) is 5.32 Å². The third-order valence-electron chi connectivity index (χ3n) is 2.96. The maximum atomic E-state index is 13.2. The van der Waals surface area contributed by atoms with Crippen LogP contribution in [-0.2, 0) is 0 Å². The molecule has 19 heavy (non-hydrogen) atoms. The fourth-order valence-corrected chi connectivity index (χ4v) is 2.03. The van der Waals surface area contributed by atoms with Crippen molar-refractivity contribution in [1.29, 1.82) is 0 Å². The molecule has 2 aromatic rings. The molecule has 2 aromatic carbocycles. The lowest BCUT2D eigenvalue weighted by atomic mass is 9.98. The third kappa shape index (κ3) is 2.98. The largest absolute Gasteiger partial charge is 0.478 e. The molecule has 4 heteroatoms. The maximum Gasteiger partial charge on any atom is 0.335 e. The second-order valence-corrected chi connectivity index (χ2v) is 4.20. The van der Waals surface area contributed by atoms with E-state index in [-0.39, 0.29) is 17.4 Å². The van der Waals surface area contributed by atoms with Gasteiger partial charge in [-0.2, -0.15) is 0 Å². The van der Waals surface area contributed by atoms with E-state index in [1.165, 1.54) is 12.1 Å². The molecule has 0 aliphatic carbocycles. The molecule has 0 spiro atoms. The van der Waals surface area contributed by atoms with Gasteiger partial charge in [-0.3, -0.25) is 0 Å². The van der Waals surface area contributed by atoms with Gasteiger partial charge in [0.1, 0.15) is 5.82 Å². The van der Waals surface area contributed by atoms with Crippen LogP contribution in [0.2, 0.25) is 0 Å². The van der Waals surface area contributed by atoms with Crippen LogP contribution in [0.5, 0.6) is 0 Å². The Hall–Kier alpha value is -2.20. The minimum absolute atomic E-state index is 0.168. The van der Waals surface area contributed by atoms with Crippen molar-refractivity contribution >= 4 is 5.97 Å². The average Bonchev–Trinajstić information content (AvgIpc) is 2.40. The van der Waals surface area contributed by atoms with E-state index in [9.17, 15) is 9.18 Å². The van der Waals surface area contributed by atoms with Crippen molar-refractivity contribution in [3.63, 3.8) is 0 Å². The van der Waals surface area contributed by atoms with Gasteiger partial charge in [-0.05, 0) is 42.4 Å². The van der Waals surface area contributed by atoms with Crippen molar-refractivity contribution in [2.75, 3.05) is 7.05 Å². The Bertz CT molecular complexity index is 581. The van der Waals surface area contributed by atoms with E-state index in [0.717, 1.165) is 11.1 Å². The fourth-order valence-electron chi connectivity index (χ4n) is 2.03. The SMILES string of the molecule is CNC(c1ccc(C(=O)O)cc1)c1cccc(F)c1. The van der Waals surface area contributed by atoms with Crippen LogP contribution in [0.4, 0.5) is 4.39 Å². The second kappa shape index (κ2) is 5.63. The van der Waals surface area contributed by atoms with Crippen molar-refractivity contribution in [2.45, 2.75) is 6.04 Å². The van der Waals surface area contributed by atoms with Gasteiger partial charge in [0.05, 0.1) is 11.6 Å². The van der Waals surface area contributed by atoms with Crippen LogP contribution >= 0.6 is 0 Å². The highest BCUT2D eigenvalue weighted by molar-refractivity contribution is 5.87. The summed E-state index contributed by atoms with van der Waals surface area (Å²) in [5.74, 6) is -1.25. The Morgan fingerprint density at radius 1 is 1.16 bits per heavy atom. The number of rotatable bonds is 4. The van der Waals surface area contributed by atoms with E-state index in [1.54, 1.807) is 37.4 Å². The number of aromatic carboxylic acids is 1. The molecule has 1 atom stereocenters. The van der Waals surface area contributed by atoms with Crippen molar-refractivity contribution < 1.29 is 14.3 Å². The quantitative estimate of drug-likeness (QED) is 0.887. The van der Waals surface area contributed by atoms with E-state index in [4.69, 9.17) is 5.11 Å². The van der Waals surface area contributed by atoms with Gasteiger partial charge in [-0.15, -0.1) is 0 Å². The summed E-state index contributed by atoms with van der Waals surface area (Å²) in [6.45, 7) is 0. The Morgan fingerprint density at radius 2 is 1.84 bits per heavy atom. The molecular formula is C15H14FNO2. The number of hydrogen-bond acceptors (Lipinski definition) is 2. The first-order valence-corrected chi connectivity index (χ1v) is 5.88. The number of carbonyl (C=O) groups is 1. The molecule has 0 radical (unpaired) electrons. The molecule has 98 valence electrons. The lowest BCUT2D eigenvalue weighted by Gasteiger charge is -2.17. The Balaban J connectivity index is 2.34. The molecule has 0 fully saturated rings. The fraction of sp³-hybridized carbons (Fsp3) is 0.133. The van der Waals surface area contributed by atoms with Crippen LogP contribution < -0.4 is 5.32 Å². The molecule has 0 aliphatic heterocycles. The zero-order valence-electron chi connectivity index (χ0n) is 10.4. The van der Waals surface area contributed by atoms with E-state index in [1.807, 2.05) is 6.07 Å². The van der Waals surface area contributed by atoms with Gasteiger partial charge in [-0.1, -0.05) is 24.3 Å². The van der Waals surface area contributed by atoms with E-state index in [0.29, 0.717) is 0 Å². The standard InChI is InChI=1S/C15H14FNO2/c1-17-14(12-3-2-4-13(16)9-12)10-5-7-11(8-6-10)15(18)19/h2-9,14,17H,1H3,(H,18,19). The first-order valence-electron chi connectivity index (χ1n) is 5.88. The molecule has 0 saturated heterocycles. The summed E-state index contributed by atoms with van der Waals surface area (Å²) in [7, 11) is 1.78. The number of nitrogens with one attached hydrogen (secondary N) is 1. The topological polar surface area (TPSA) is 49.3 Å². The molecule has 2 N–H and O–H groups in total. The number of halogens is 1. The summed E-state index contributed by atoms with van der Waals surface area (Å²) in [6, 6.07) is 12.7. The summed E-state index contributed by atoms with van der Waals surface area (Å²) >= 11 is 0. The van der Waals surface area contributed by atoms with Crippen molar-refractivity contribution in [2.24, 2.45) is 0 Å². The zero-order chi connectivity index (χ0) is 13.8. The second-order valence-electron chi connectivity index (χ2n) is 4.20. The summed E-state index contributed by atoms with van der Waals surface area (Å²) in [5, 5.41) is 12.0. The van der Waals surface area contributed by atoms with E-state index < -0.39 is 5.97 Å². The average molecular weight is 259 g/mol. The van der Waals surface area contributed by atoms with Crippen LogP contribution in [0.25, 0.3) is 0 Å². The van der Waals surface area contributed by atoms with Gasteiger partial charge in [0.15, 0.2) is 0 Å². The highest BCUT2D eigenvalue weighted by Gasteiger charge is 2.13. The van der Waals surface area contributed by atoms with Gasteiger partial charge in [-0.25, -0.2) is 9.18 Å². The van der Waals surface area contributed by atoms with E-state index >= 15 is 0 Å². The first-order chi connectivity index (χ1) is 9.11. The van der Waals surface area contributed by atoms with Crippen molar-refractivity contribution in [1.82, 2.24) is 5.32 Å². The molecule has 0 saturated carbocycles. The molecule has 0 amide bonds. The third-order valence-corrected chi connectivity index (χ3v) is 2.96. The van der Waals surface area contributed by atoms with Crippen LogP contribution in [0.15, 0.2) is 48.5 Å². The Morgan fingerprint density at radius 3 is 2.37 bits per heavy atom. The molecule has 2 rings (SSSR count). The normalized spacial score (nSPS) is 12.1. The van der Waals surface area contributed by atoms with Crippen LogP contribution in [0, 0.1) is 5.82 Å². The summed E-state index contributed by atoms with van der Waals surface area (Å²) in [6.07, 6.45) is 0. The van der Waals surface area contributed by atoms with Crippen molar-refractivity contribution in [3.8, 4) is 0 Å². The molecule has 0 aliphatic rings. The minimum atomic E-state index is -0.960. The predicted octanol–water partition coefficient (Wildman–Crippen LogP) is 2.83. The summed E-state index contributed by atoms with van der Waals surface area (Å²) in [4.78, 5) is 10.8. The van der Waals surface area contributed by atoms with Gasteiger partial charge < -0.3 is 10.4 Å².